The summed E-state index contributed by atoms with van der Waals surface area (Å²) in [5.74, 6) is 0.690. The van der Waals surface area contributed by atoms with Crippen molar-refractivity contribution >= 4 is 0 Å². The smallest absolute Gasteiger partial charge is 0.0544 e. The van der Waals surface area contributed by atoms with Gasteiger partial charge in [-0.3, -0.25) is 9.88 Å². The van der Waals surface area contributed by atoms with Gasteiger partial charge in [-0.25, -0.2) is 0 Å². The van der Waals surface area contributed by atoms with Gasteiger partial charge in [-0.1, -0.05) is 13.0 Å². The van der Waals surface area contributed by atoms with Crippen molar-refractivity contribution in [1.29, 1.82) is 0 Å². The molecule has 0 saturated carbocycles. The fourth-order valence-electron chi connectivity index (χ4n) is 2.24. The van der Waals surface area contributed by atoms with E-state index in [1.54, 1.807) is 0 Å². The second-order valence-electron chi connectivity index (χ2n) is 4.64. The summed E-state index contributed by atoms with van der Waals surface area (Å²) in [5, 5.41) is 0. The van der Waals surface area contributed by atoms with Gasteiger partial charge in [-0.05, 0) is 43.5 Å². The highest BCUT2D eigenvalue weighted by Crippen LogP contribution is 2.16. The molecular weight excluding hydrogens is 198 g/mol. The fraction of sp³-hybridized carbons (Fsp3) is 0.615. The highest BCUT2D eigenvalue weighted by Gasteiger charge is 2.21. The molecule has 0 bridgehead atoms. The molecule has 0 aromatic carbocycles. The van der Waals surface area contributed by atoms with Crippen LogP contribution in [-0.4, -0.2) is 29.5 Å². The minimum absolute atomic E-state index is 0.690. The average Bonchev–Trinajstić information content (AvgIpc) is 2.78. The van der Waals surface area contributed by atoms with Crippen molar-refractivity contribution in [2.24, 2.45) is 11.7 Å². The highest BCUT2D eigenvalue weighted by atomic mass is 15.2. The average molecular weight is 219 g/mol. The first-order chi connectivity index (χ1) is 7.81. The highest BCUT2D eigenvalue weighted by molar-refractivity contribution is 5.13. The second kappa shape index (κ2) is 5.41. The van der Waals surface area contributed by atoms with Crippen LogP contribution in [0.15, 0.2) is 18.3 Å². The van der Waals surface area contributed by atoms with Crippen molar-refractivity contribution < 1.29 is 0 Å². The van der Waals surface area contributed by atoms with Crippen molar-refractivity contribution in [3.63, 3.8) is 0 Å². The van der Waals surface area contributed by atoms with E-state index in [1.165, 1.54) is 24.2 Å². The summed E-state index contributed by atoms with van der Waals surface area (Å²) in [4.78, 5) is 6.94. The van der Waals surface area contributed by atoms with Crippen molar-refractivity contribution in [2.75, 3.05) is 19.6 Å². The van der Waals surface area contributed by atoms with Crippen molar-refractivity contribution in [2.45, 2.75) is 26.3 Å². The van der Waals surface area contributed by atoms with Crippen molar-refractivity contribution in [1.82, 2.24) is 9.88 Å². The minimum Gasteiger partial charge on any atom is -0.330 e. The first-order valence-electron chi connectivity index (χ1n) is 6.18. The molecule has 1 saturated heterocycles. The Kier molecular flexibility index (Phi) is 3.91. The summed E-state index contributed by atoms with van der Waals surface area (Å²) >= 11 is 0. The molecule has 88 valence electrons. The SMILES string of the molecule is CCc1ccc(CN2CCC(CN)C2)nc1. The number of pyridine rings is 1. The van der Waals surface area contributed by atoms with Gasteiger partial charge in [0.1, 0.15) is 0 Å². The zero-order valence-electron chi connectivity index (χ0n) is 10.0. The Bertz CT molecular complexity index is 320. The Hall–Kier alpha value is -0.930. The van der Waals surface area contributed by atoms with Gasteiger partial charge in [-0.15, -0.1) is 0 Å². The molecule has 0 radical (unpaired) electrons. The lowest BCUT2D eigenvalue weighted by Gasteiger charge is -2.15. The van der Waals surface area contributed by atoms with Gasteiger partial charge in [0, 0.05) is 19.3 Å². The predicted molar refractivity (Wildman–Crippen MR) is 66.1 cm³/mol. The lowest BCUT2D eigenvalue weighted by atomic mass is 10.1. The van der Waals surface area contributed by atoms with Crippen LogP contribution in [0, 0.1) is 5.92 Å². The second-order valence-corrected chi connectivity index (χ2v) is 4.64. The third kappa shape index (κ3) is 2.80. The Morgan fingerprint density at radius 1 is 1.50 bits per heavy atom. The molecule has 1 atom stereocenters. The molecule has 1 fully saturated rings. The molecule has 16 heavy (non-hydrogen) atoms. The van der Waals surface area contributed by atoms with Gasteiger partial charge >= 0.3 is 0 Å². The quantitative estimate of drug-likeness (QED) is 0.833. The van der Waals surface area contributed by atoms with Crippen LogP contribution >= 0.6 is 0 Å². The van der Waals surface area contributed by atoms with Crippen LogP contribution in [0.1, 0.15) is 24.6 Å². The summed E-state index contributed by atoms with van der Waals surface area (Å²) in [7, 11) is 0. The topological polar surface area (TPSA) is 42.1 Å². The van der Waals surface area contributed by atoms with Crippen molar-refractivity contribution in [3.05, 3.63) is 29.6 Å². The maximum absolute atomic E-state index is 5.69. The molecule has 2 heterocycles. The summed E-state index contributed by atoms with van der Waals surface area (Å²) in [6.07, 6.45) is 4.29. The standard InChI is InChI=1S/C13H21N3/c1-2-11-3-4-13(15-8-11)10-16-6-5-12(7-14)9-16/h3-4,8,12H,2,5-7,9-10,14H2,1H3. The Labute approximate surface area is 97.7 Å². The van der Waals surface area contributed by atoms with E-state index in [9.17, 15) is 0 Å². The molecule has 0 spiro atoms. The molecule has 1 aliphatic rings. The number of hydrogen-bond acceptors (Lipinski definition) is 3. The number of nitrogens with two attached hydrogens (primary N) is 1. The van der Waals surface area contributed by atoms with Crippen LogP contribution in [0.2, 0.25) is 0 Å². The van der Waals surface area contributed by atoms with Crippen LogP contribution in [0.5, 0.6) is 0 Å². The third-order valence-corrected chi connectivity index (χ3v) is 3.38. The van der Waals surface area contributed by atoms with E-state index in [0.29, 0.717) is 5.92 Å². The number of aryl methyl sites for hydroxylation is 1. The summed E-state index contributed by atoms with van der Waals surface area (Å²) in [5.41, 5.74) is 8.17. The van der Waals surface area contributed by atoms with Crippen LogP contribution in [0.4, 0.5) is 0 Å². The van der Waals surface area contributed by atoms with Crippen molar-refractivity contribution in [3.8, 4) is 0 Å². The van der Waals surface area contributed by atoms with E-state index in [1.807, 2.05) is 6.20 Å². The van der Waals surface area contributed by atoms with E-state index < -0.39 is 0 Å². The molecule has 0 aliphatic carbocycles. The largest absolute Gasteiger partial charge is 0.330 e. The minimum atomic E-state index is 0.690. The first-order valence-corrected chi connectivity index (χ1v) is 6.18. The van der Waals surface area contributed by atoms with Gasteiger partial charge in [0.2, 0.25) is 0 Å². The zero-order valence-corrected chi connectivity index (χ0v) is 10.0. The third-order valence-electron chi connectivity index (χ3n) is 3.38. The molecule has 2 N–H and O–H groups in total. The lowest BCUT2D eigenvalue weighted by Crippen LogP contribution is -2.23. The molecule has 0 amide bonds. The van der Waals surface area contributed by atoms with Crippen LogP contribution < -0.4 is 5.73 Å². The van der Waals surface area contributed by atoms with E-state index >= 15 is 0 Å². The van der Waals surface area contributed by atoms with Gasteiger partial charge < -0.3 is 5.73 Å². The lowest BCUT2D eigenvalue weighted by molar-refractivity contribution is 0.314. The summed E-state index contributed by atoms with van der Waals surface area (Å²) < 4.78 is 0. The monoisotopic (exact) mass is 219 g/mol. The molecule has 3 nitrogen and oxygen atoms in total. The Morgan fingerprint density at radius 3 is 2.94 bits per heavy atom. The van der Waals surface area contributed by atoms with E-state index in [0.717, 1.165) is 26.1 Å². The number of hydrogen-bond donors (Lipinski definition) is 1. The van der Waals surface area contributed by atoms with E-state index in [-0.39, 0.29) is 0 Å². The number of likely N-dealkylation sites (tertiary alicyclic amines) is 1. The molecule has 3 heteroatoms. The number of aromatic nitrogens is 1. The predicted octanol–water partition coefficient (Wildman–Crippen LogP) is 1.42. The van der Waals surface area contributed by atoms with E-state index in [4.69, 9.17) is 5.73 Å². The Morgan fingerprint density at radius 2 is 2.38 bits per heavy atom. The Balaban J connectivity index is 1.89. The molecular formula is C13H21N3. The molecule has 2 rings (SSSR count). The van der Waals surface area contributed by atoms with Gasteiger partial charge in [0.25, 0.3) is 0 Å². The molecule has 1 aliphatic heterocycles. The maximum atomic E-state index is 5.69. The zero-order chi connectivity index (χ0) is 11.4. The molecule has 1 unspecified atom stereocenters. The first kappa shape index (κ1) is 11.6. The van der Waals surface area contributed by atoms with Crippen LogP contribution in [0.3, 0.4) is 0 Å². The molecule has 1 aromatic rings. The van der Waals surface area contributed by atoms with E-state index in [2.05, 4.69) is 28.9 Å². The van der Waals surface area contributed by atoms with Gasteiger partial charge in [-0.2, -0.15) is 0 Å². The normalized spacial score (nSPS) is 21.5. The number of rotatable bonds is 4. The number of nitrogens with zero attached hydrogens (tertiary/aromatic N) is 2. The molecule has 1 aromatic heterocycles. The van der Waals surface area contributed by atoms with Gasteiger partial charge in [0.05, 0.1) is 5.69 Å². The summed E-state index contributed by atoms with van der Waals surface area (Å²) in [6, 6.07) is 4.33. The van der Waals surface area contributed by atoms with Crippen LogP contribution in [0.25, 0.3) is 0 Å². The summed E-state index contributed by atoms with van der Waals surface area (Å²) in [6.45, 7) is 6.25. The van der Waals surface area contributed by atoms with Crippen LogP contribution in [-0.2, 0) is 13.0 Å². The maximum Gasteiger partial charge on any atom is 0.0544 e. The fourth-order valence-corrected chi connectivity index (χ4v) is 2.24. The van der Waals surface area contributed by atoms with Gasteiger partial charge in [0.15, 0.2) is 0 Å².